The number of carbonyl (C=O) groups is 1. The van der Waals surface area contributed by atoms with Crippen molar-refractivity contribution in [3.05, 3.63) is 23.0 Å². The van der Waals surface area contributed by atoms with Gasteiger partial charge in [-0.3, -0.25) is 9.79 Å². The number of piperidine rings is 1. The third-order valence-electron chi connectivity index (χ3n) is 4.89. The minimum Gasteiger partial charge on any atom is -0.369 e. The van der Waals surface area contributed by atoms with Gasteiger partial charge >= 0.3 is 0 Å². The monoisotopic (exact) mass is 382 g/mol. The van der Waals surface area contributed by atoms with Crippen LogP contribution in [0, 0.1) is 5.92 Å². The molecule has 0 aromatic carbocycles. The number of hydrogen-bond acceptors (Lipinski definition) is 3. The number of carbonyl (C=O) groups excluding carboxylic acids is 1. The number of nitrogens with zero attached hydrogens (tertiary/aromatic N) is 4. The Morgan fingerprint density at radius 3 is 2.92 bits per heavy atom. The van der Waals surface area contributed by atoms with Gasteiger partial charge < -0.3 is 25.4 Å². The summed E-state index contributed by atoms with van der Waals surface area (Å²) >= 11 is 6.05. The number of amides is 1. The smallest absolute Gasteiger partial charge is 0.221 e. The van der Waals surface area contributed by atoms with Gasteiger partial charge in [-0.05, 0) is 38.4 Å². The van der Waals surface area contributed by atoms with Crippen molar-refractivity contribution in [2.24, 2.45) is 23.7 Å². The Bertz CT molecular complexity index is 629. The number of nitrogens with one attached hydrogen (secondary N) is 1. The highest BCUT2D eigenvalue weighted by molar-refractivity contribution is 6.30. The molecule has 1 aromatic rings. The molecule has 146 valence electrons. The fourth-order valence-electron chi connectivity index (χ4n) is 3.42. The van der Waals surface area contributed by atoms with Gasteiger partial charge in [-0.2, -0.15) is 0 Å². The second kappa shape index (κ2) is 9.83. The molecule has 0 spiro atoms. The summed E-state index contributed by atoms with van der Waals surface area (Å²) in [6, 6.07) is 1.97. The summed E-state index contributed by atoms with van der Waals surface area (Å²) in [4.78, 5) is 20.1. The Kier molecular flexibility index (Phi) is 7.78. The van der Waals surface area contributed by atoms with Gasteiger partial charge in [0.15, 0.2) is 5.96 Å². The minimum absolute atomic E-state index is 0.00715. The molecule has 1 aliphatic rings. The molecule has 1 saturated heterocycles. The van der Waals surface area contributed by atoms with Crippen molar-refractivity contribution >= 4 is 23.5 Å². The molecule has 2 rings (SSSR count). The number of aromatic nitrogens is 1. The zero-order valence-electron chi connectivity index (χ0n) is 16.0. The topological polar surface area (TPSA) is 78.9 Å². The maximum atomic E-state index is 11.4. The van der Waals surface area contributed by atoms with Crippen LogP contribution in [0.5, 0.6) is 0 Å². The molecule has 8 heteroatoms. The third-order valence-corrected chi connectivity index (χ3v) is 5.10. The van der Waals surface area contributed by atoms with Crippen molar-refractivity contribution in [3.8, 4) is 0 Å². The van der Waals surface area contributed by atoms with E-state index in [0.29, 0.717) is 0 Å². The van der Waals surface area contributed by atoms with Crippen LogP contribution in [-0.4, -0.2) is 66.5 Å². The van der Waals surface area contributed by atoms with Crippen LogP contribution in [0.15, 0.2) is 17.3 Å². The van der Waals surface area contributed by atoms with E-state index in [1.54, 1.807) is 7.05 Å². The Morgan fingerprint density at radius 2 is 2.31 bits per heavy atom. The molecule has 2 heterocycles. The highest BCUT2D eigenvalue weighted by Crippen LogP contribution is 2.16. The predicted molar refractivity (Wildman–Crippen MR) is 106 cm³/mol. The molecule has 1 aromatic heterocycles. The molecule has 0 aliphatic carbocycles. The molecule has 1 unspecified atom stereocenters. The van der Waals surface area contributed by atoms with Crippen LogP contribution in [-0.2, 0) is 18.4 Å². The van der Waals surface area contributed by atoms with E-state index in [-0.39, 0.29) is 11.8 Å². The zero-order chi connectivity index (χ0) is 19.1. The Morgan fingerprint density at radius 1 is 1.54 bits per heavy atom. The Balaban J connectivity index is 1.73. The van der Waals surface area contributed by atoms with Gasteiger partial charge in [0.05, 0.1) is 17.5 Å². The summed E-state index contributed by atoms with van der Waals surface area (Å²) in [5, 5.41) is 4.15. The SMILES string of the molecule is CN=C(NCCCN1CCCC(C(N)=O)C1)N(C)Cc1cc(Cl)cn1C. The van der Waals surface area contributed by atoms with Gasteiger partial charge in [-0.1, -0.05) is 11.6 Å². The summed E-state index contributed by atoms with van der Waals surface area (Å²) in [6.07, 6.45) is 4.86. The molecular weight excluding hydrogens is 352 g/mol. The van der Waals surface area contributed by atoms with E-state index in [2.05, 4.69) is 20.1 Å². The first-order chi connectivity index (χ1) is 12.4. The zero-order valence-corrected chi connectivity index (χ0v) is 16.8. The van der Waals surface area contributed by atoms with Crippen LogP contribution < -0.4 is 11.1 Å². The largest absolute Gasteiger partial charge is 0.369 e. The summed E-state index contributed by atoms with van der Waals surface area (Å²) in [7, 11) is 5.79. The van der Waals surface area contributed by atoms with Crippen LogP contribution in [0.3, 0.4) is 0 Å². The lowest BCUT2D eigenvalue weighted by molar-refractivity contribution is -0.123. The van der Waals surface area contributed by atoms with E-state index in [1.807, 2.05) is 30.9 Å². The molecular formula is C18H31ClN6O. The minimum atomic E-state index is -0.171. The van der Waals surface area contributed by atoms with Crippen LogP contribution >= 0.6 is 11.6 Å². The normalized spacial score (nSPS) is 18.8. The number of rotatable bonds is 7. The average Bonchev–Trinajstić information content (AvgIpc) is 2.92. The number of hydrogen-bond donors (Lipinski definition) is 2. The second-order valence-corrected chi connectivity index (χ2v) is 7.42. The van der Waals surface area contributed by atoms with Crippen LogP contribution in [0.25, 0.3) is 0 Å². The first-order valence-electron chi connectivity index (χ1n) is 9.15. The number of likely N-dealkylation sites (tertiary alicyclic amines) is 1. The van der Waals surface area contributed by atoms with E-state index < -0.39 is 0 Å². The van der Waals surface area contributed by atoms with Crippen LogP contribution in [0.4, 0.5) is 0 Å². The first-order valence-corrected chi connectivity index (χ1v) is 9.52. The van der Waals surface area contributed by atoms with Gasteiger partial charge in [0.25, 0.3) is 0 Å². The van der Waals surface area contributed by atoms with Crippen molar-refractivity contribution < 1.29 is 4.79 Å². The number of guanidine groups is 1. The molecule has 1 fully saturated rings. The van der Waals surface area contributed by atoms with E-state index in [1.165, 1.54) is 0 Å². The first kappa shape index (κ1) is 20.6. The van der Waals surface area contributed by atoms with Crippen LogP contribution in [0.1, 0.15) is 25.0 Å². The molecule has 1 atom stereocenters. The van der Waals surface area contributed by atoms with Crippen molar-refractivity contribution in [3.63, 3.8) is 0 Å². The molecule has 0 saturated carbocycles. The predicted octanol–water partition coefficient (Wildman–Crippen LogP) is 1.27. The highest BCUT2D eigenvalue weighted by atomic mass is 35.5. The standard InChI is InChI=1S/C18H31ClN6O/c1-21-18(24(3)13-16-10-15(19)12-23(16)2)22-7-5-9-25-8-4-6-14(11-25)17(20)26/h10,12,14H,4-9,11,13H2,1-3H3,(H2,20,26)(H,21,22). The number of halogens is 1. The molecule has 7 nitrogen and oxygen atoms in total. The third kappa shape index (κ3) is 5.92. The lowest BCUT2D eigenvalue weighted by Gasteiger charge is -2.31. The van der Waals surface area contributed by atoms with Gasteiger partial charge in [0, 0.05) is 46.1 Å². The maximum Gasteiger partial charge on any atom is 0.221 e. The summed E-state index contributed by atoms with van der Waals surface area (Å²) in [5.41, 5.74) is 6.57. The van der Waals surface area contributed by atoms with Gasteiger partial charge in [-0.15, -0.1) is 0 Å². The summed E-state index contributed by atoms with van der Waals surface area (Å²) in [6.45, 7) is 4.37. The lowest BCUT2D eigenvalue weighted by atomic mass is 9.97. The Hall–Kier alpha value is -1.73. The molecule has 1 amide bonds. The number of aryl methyl sites for hydroxylation is 1. The fraction of sp³-hybridized carbons (Fsp3) is 0.667. The summed E-state index contributed by atoms with van der Waals surface area (Å²) < 4.78 is 2.03. The molecule has 0 radical (unpaired) electrons. The van der Waals surface area contributed by atoms with Gasteiger partial charge in [0.2, 0.25) is 5.91 Å². The molecule has 3 N–H and O–H groups in total. The number of primary amides is 1. The average molecular weight is 383 g/mol. The lowest BCUT2D eigenvalue weighted by Crippen LogP contribution is -2.43. The number of aliphatic imine (C=N–C) groups is 1. The van der Waals surface area contributed by atoms with Gasteiger partial charge in [-0.25, -0.2) is 0 Å². The second-order valence-electron chi connectivity index (χ2n) is 6.99. The number of nitrogens with two attached hydrogens (primary N) is 1. The molecule has 26 heavy (non-hydrogen) atoms. The van der Waals surface area contributed by atoms with E-state index in [0.717, 1.165) is 68.7 Å². The van der Waals surface area contributed by atoms with Crippen molar-refractivity contribution in [1.82, 2.24) is 19.7 Å². The molecule has 1 aliphatic heterocycles. The van der Waals surface area contributed by atoms with Crippen LogP contribution in [0.2, 0.25) is 5.02 Å². The fourth-order valence-corrected chi connectivity index (χ4v) is 3.69. The highest BCUT2D eigenvalue weighted by Gasteiger charge is 2.23. The van der Waals surface area contributed by atoms with Gasteiger partial charge in [0.1, 0.15) is 0 Å². The van der Waals surface area contributed by atoms with Crippen molar-refractivity contribution in [2.45, 2.75) is 25.8 Å². The van der Waals surface area contributed by atoms with E-state index in [9.17, 15) is 4.79 Å². The van der Waals surface area contributed by atoms with Crippen molar-refractivity contribution in [2.75, 3.05) is 40.3 Å². The maximum absolute atomic E-state index is 11.4. The Labute approximate surface area is 161 Å². The quantitative estimate of drug-likeness (QED) is 0.423. The van der Waals surface area contributed by atoms with Crippen molar-refractivity contribution in [1.29, 1.82) is 0 Å². The molecule has 0 bridgehead atoms. The van der Waals surface area contributed by atoms with E-state index in [4.69, 9.17) is 17.3 Å². The summed E-state index contributed by atoms with van der Waals surface area (Å²) in [5.74, 6) is 0.694. The van der Waals surface area contributed by atoms with E-state index >= 15 is 0 Å².